The summed E-state index contributed by atoms with van der Waals surface area (Å²) < 4.78 is 2.05. The van der Waals surface area contributed by atoms with Gasteiger partial charge in [-0.1, -0.05) is 56.1 Å². The molecule has 0 spiro atoms. The summed E-state index contributed by atoms with van der Waals surface area (Å²) in [6.07, 6.45) is 1.87. The van der Waals surface area contributed by atoms with E-state index in [0.717, 1.165) is 35.7 Å². The van der Waals surface area contributed by atoms with Gasteiger partial charge in [-0.05, 0) is 42.8 Å². The lowest BCUT2D eigenvalue weighted by atomic mass is 10.1. The molecule has 0 saturated carbocycles. The van der Waals surface area contributed by atoms with Gasteiger partial charge < -0.3 is 0 Å². The molecule has 0 amide bonds. The Morgan fingerprint density at radius 3 is 2.21 bits per heavy atom. The van der Waals surface area contributed by atoms with Crippen LogP contribution in [0, 0.1) is 18.3 Å². The predicted molar refractivity (Wildman–Crippen MR) is 108 cm³/mol. The molecule has 0 bridgehead atoms. The monoisotopic (exact) mass is 458 g/mol. The minimum Gasteiger partial charge on any atom is -0.235 e. The molecule has 1 heterocycles. The van der Waals surface area contributed by atoms with E-state index in [2.05, 4.69) is 37.9 Å². The molecule has 118 valence electrons. The topological polar surface area (TPSA) is 36.7 Å². The molecule has 3 aromatic rings. The summed E-state index contributed by atoms with van der Waals surface area (Å²) in [5.41, 5.74) is 3.54. The molecule has 2 aromatic carbocycles. The minimum atomic E-state index is 0.578. The first-order valence-electron chi connectivity index (χ1n) is 7.18. The Morgan fingerprint density at radius 2 is 1.62 bits per heavy atom. The van der Waals surface area contributed by atoms with Crippen LogP contribution in [0.1, 0.15) is 15.4 Å². The first-order chi connectivity index (χ1) is 11.6. The highest BCUT2D eigenvalue weighted by molar-refractivity contribution is 9.10. The van der Waals surface area contributed by atoms with E-state index in [1.807, 2.05) is 61.5 Å². The Labute approximate surface area is 161 Å². The maximum absolute atomic E-state index is 9.54. The molecular weight excluding hydrogens is 448 g/mol. The third-order valence-corrected chi connectivity index (χ3v) is 5.51. The molecule has 0 aliphatic carbocycles. The lowest BCUT2D eigenvalue weighted by Gasteiger charge is -1.98. The van der Waals surface area contributed by atoms with Gasteiger partial charge >= 0.3 is 0 Å². The molecule has 2 nitrogen and oxygen atoms in total. The molecule has 0 aliphatic rings. The second-order valence-electron chi connectivity index (χ2n) is 5.15. The third kappa shape index (κ3) is 3.84. The van der Waals surface area contributed by atoms with Gasteiger partial charge in [0.15, 0.2) is 0 Å². The van der Waals surface area contributed by atoms with Crippen molar-refractivity contribution in [3.63, 3.8) is 0 Å². The van der Waals surface area contributed by atoms with Crippen LogP contribution < -0.4 is 0 Å². The average molecular weight is 460 g/mol. The van der Waals surface area contributed by atoms with Crippen molar-refractivity contribution in [2.75, 3.05) is 0 Å². The molecule has 0 N–H and O–H groups in total. The van der Waals surface area contributed by atoms with Gasteiger partial charge in [-0.25, -0.2) is 4.98 Å². The molecule has 5 heteroatoms. The lowest BCUT2D eigenvalue weighted by molar-refractivity contribution is 1.34. The van der Waals surface area contributed by atoms with Crippen LogP contribution in [0.15, 0.2) is 57.5 Å². The van der Waals surface area contributed by atoms with Crippen LogP contribution in [0.5, 0.6) is 0 Å². The number of thiazole rings is 1. The van der Waals surface area contributed by atoms with E-state index < -0.39 is 0 Å². The molecule has 0 saturated heterocycles. The van der Waals surface area contributed by atoms with E-state index in [-0.39, 0.29) is 0 Å². The van der Waals surface area contributed by atoms with Crippen molar-refractivity contribution in [3.05, 3.63) is 72.9 Å². The first kappa shape index (κ1) is 17.1. The average Bonchev–Trinajstić information content (AvgIpc) is 2.96. The molecule has 0 atom stereocenters. The zero-order chi connectivity index (χ0) is 17.1. The van der Waals surface area contributed by atoms with Crippen molar-refractivity contribution < 1.29 is 0 Å². The third-order valence-electron chi connectivity index (χ3n) is 3.45. The zero-order valence-electron chi connectivity index (χ0n) is 12.8. The van der Waals surface area contributed by atoms with Crippen LogP contribution in [0.4, 0.5) is 0 Å². The Morgan fingerprint density at radius 1 is 1.04 bits per heavy atom. The van der Waals surface area contributed by atoms with Crippen LogP contribution in [0.2, 0.25) is 0 Å². The Bertz CT molecular complexity index is 933. The molecule has 1 aromatic heterocycles. The van der Waals surface area contributed by atoms with E-state index in [1.165, 1.54) is 0 Å². The summed E-state index contributed by atoms with van der Waals surface area (Å²) >= 11 is 8.41. The van der Waals surface area contributed by atoms with Crippen molar-refractivity contribution in [2.24, 2.45) is 0 Å². The van der Waals surface area contributed by atoms with Crippen molar-refractivity contribution >= 4 is 54.8 Å². The van der Waals surface area contributed by atoms with Crippen molar-refractivity contribution in [1.29, 1.82) is 5.26 Å². The molecule has 0 unspecified atom stereocenters. The number of aromatic nitrogens is 1. The Hall–Kier alpha value is -1.74. The minimum absolute atomic E-state index is 0.578. The Kier molecular flexibility index (Phi) is 5.30. The highest BCUT2D eigenvalue weighted by Crippen LogP contribution is 2.32. The van der Waals surface area contributed by atoms with Gasteiger partial charge in [-0.15, -0.1) is 11.3 Å². The Balaban J connectivity index is 1.99. The fourth-order valence-corrected chi connectivity index (χ4v) is 3.69. The first-order valence-corrected chi connectivity index (χ1v) is 9.58. The van der Waals surface area contributed by atoms with Crippen LogP contribution in [0.3, 0.4) is 0 Å². The number of nitrogens with zero attached hydrogens (tertiary/aromatic N) is 2. The summed E-state index contributed by atoms with van der Waals surface area (Å²) in [4.78, 5) is 5.80. The second-order valence-corrected chi connectivity index (χ2v) is 8.19. The summed E-state index contributed by atoms with van der Waals surface area (Å²) in [5, 5.41) is 10.3. The smallest absolute Gasteiger partial charge is 0.134 e. The molecule has 0 radical (unpaired) electrons. The van der Waals surface area contributed by atoms with E-state index in [1.54, 1.807) is 11.3 Å². The molecule has 3 rings (SSSR count). The van der Waals surface area contributed by atoms with Gasteiger partial charge in [0.25, 0.3) is 0 Å². The molecule has 0 aliphatic heterocycles. The van der Waals surface area contributed by atoms with Gasteiger partial charge in [0.2, 0.25) is 0 Å². The number of hydrogen-bond acceptors (Lipinski definition) is 3. The number of rotatable bonds is 3. The van der Waals surface area contributed by atoms with Gasteiger partial charge in [0, 0.05) is 19.4 Å². The van der Waals surface area contributed by atoms with Crippen LogP contribution in [0.25, 0.3) is 22.9 Å². The van der Waals surface area contributed by atoms with E-state index in [9.17, 15) is 5.26 Å². The maximum Gasteiger partial charge on any atom is 0.134 e. The number of hydrogen-bond donors (Lipinski definition) is 0. The number of allylic oxidation sites excluding steroid dienone is 1. The van der Waals surface area contributed by atoms with Crippen molar-refractivity contribution in [2.45, 2.75) is 6.92 Å². The normalized spacial score (nSPS) is 11.3. The highest BCUT2D eigenvalue weighted by Gasteiger charge is 2.13. The molecular formula is C19H12Br2N2S. The van der Waals surface area contributed by atoms with Crippen molar-refractivity contribution in [3.8, 4) is 17.3 Å². The van der Waals surface area contributed by atoms with Gasteiger partial charge in [-0.3, -0.25) is 0 Å². The molecule has 0 fully saturated rings. The van der Waals surface area contributed by atoms with Crippen LogP contribution in [-0.2, 0) is 0 Å². The van der Waals surface area contributed by atoms with E-state index in [0.29, 0.717) is 5.57 Å². The fourth-order valence-electron chi connectivity index (χ4n) is 2.25. The summed E-state index contributed by atoms with van der Waals surface area (Å²) in [5.74, 6) is 0. The number of nitriles is 1. The highest BCUT2D eigenvalue weighted by atomic mass is 79.9. The summed E-state index contributed by atoms with van der Waals surface area (Å²) in [7, 11) is 0. The number of halogens is 2. The number of aryl methyl sites for hydroxylation is 1. The van der Waals surface area contributed by atoms with Crippen molar-refractivity contribution in [1.82, 2.24) is 4.98 Å². The predicted octanol–water partition coefficient (Wildman–Crippen LogP) is 6.71. The zero-order valence-corrected chi connectivity index (χ0v) is 16.7. The van der Waals surface area contributed by atoms with E-state index >= 15 is 0 Å². The van der Waals surface area contributed by atoms with Crippen LogP contribution >= 0.6 is 43.2 Å². The van der Waals surface area contributed by atoms with E-state index in [4.69, 9.17) is 4.98 Å². The molecule has 24 heavy (non-hydrogen) atoms. The standard InChI is InChI=1S/C19H12Br2N2S/c1-12-18(14-4-8-17(21)9-5-14)23-19(24-12)15(11-22)10-13-2-6-16(20)7-3-13/h2-10H,1H3/b15-10+. The second kappa shape index (κ2) is 7.43. The quantitative estimate of drug-likeness (QED) is 0.408. The van der Waals surface area contributed by atoms with Gasteiger partial charge in [-0.2, -0.15) is 5.26 Å². The van der Waals surface area contributed by atoms with Gasteiger partial charge in [0.1, 0.15) is 11.1 Å². The number of benzene rings is 2. The van der Waals surface area contributed by atoms with Gasteiger partial charge in [0.05, 0.1) is 11.3 Å². The SMILES string of the molecule is Cc1sc(/C(C#N)=C/c2ccc(Br)cc2)nc1-c1ccc(Br)cc1. The maximum atomic E-state index is 9.54. The lowest BCUT2D eigenvalue weighted by Crippen LogP contribution is -1.83. The van der Waals surface area contributed by atoms with Crippen LogP contribution in [-0.4, -0.2) is 4.98 Å². The summed E-state index contributed by atoms with van der Waals surface area (Å²) in [6, 6.07) is 18.2. The largest absolute Gasteiger partial charge is 0.235 e. The fraction of sp³-hybridized carbons (Fsp3) is 0.0526. The summed E-state index contributed by atoms with van der Waals surface area (Å²) in [6.45, 7) is 2.03.